The Morgan fingerprint density at radius 1 is 1.22 bits per heavy atom. The van der Waals surface area contributed by atoms with E-state index in [9.17, 15) is 4.79 Å². The average Bonchev–Trinajstić information content (AvgIpc) is 2.99. The van der Waals surface area contributed by atoms with Gasteiger partial charge in [0.25, 0.3) is 0 Å². The van der Waals surface area contributed by atoms with Gasteiger partial charge >= 0.3 is 5.97 Å². The third kappa shape index (κ3) is 2.96. The summed E-state index contributed by atoms with van der Waals surface area (Å²) in [5.74, 6) is -0.353. The van der Waals surface area contributed by atoms with E-state index in [1.165, 1.54) is 11.3 Å². The molecule has 0 spiro atoms. The van der Waals surface area contributed by atoms with Crippen LogP contribution in [0.25, 0.3) is 21.2 Å². The summed E-state index contributed by atoms with van der Waals surface area (Å²) in [4.78, 5) is 13.6. The summed E-state index contributed by atoms with van der Waals surface area (Å²) in [5, 5.41) is 11.3. The van der Waals surface area contributed by atoms with Gasteiger partial charge in [0.05, 0.1) is 19.1 Å². The molecule has 3 rings (SSSR count). The van der Waals surface area contributed by atoms with E-state index in [-0.39, 0.29) is 12.4 Å². The maximum absolute atomic E-state index is 12.1. The Labute approximate surface area is 138 Å². The van der Waals surface area contributed by atoms with Crippen molar-refractivity contribution in [3.8, 4) is 16.5 Å². The van der Waals surface area contributed by atoms with Crippen molar-refractivity contribution in [3.63, 3.8) is 0 Å². The van der Waals surface area contributed by atoms with Crippen molar-refractivity contribution in [2.24, 2.45) is 0 Å². The normalized spacial score (nSPS) is 10.4. The number of carbonyl (C=O) groups excluding carboxylic acids is 1. The SMILES string of the molecule is CCOC(=O)c1sc(-c2cccc3ccccc23)cc1CC#N. The number of ether oxygens (including phenoxy) is 1. The zero-order valence-corrected chi connectivity index (χ0v) is 13.5. The van der Waals surface area contributed by atoms with Gasteiger partial charge in [-0.1, -0.05) is 42.5 Å². The van der Waals surface area contributed by atoms with Gasteiger partial charge in [0.1, 0.15) is 4.88 Å². The first-order chi connectivity index (χ1) is 11.2. The van der Waals surface area contributed by atoms with Crippen LogP contribution in [0, 0.1) is 11.3 Å². The summed E-state index contributed by atoms with van der Waals surface area (Å²) >= 11 is 1.39. The number of thiophene rings is 1. The third-order valence-corrected chi connectivity index (χ3v) is 4.79. The van der Waals surface area contributed by atoms with Crippen molar-refractivity contribution >= 4 is 28.1 Å². The highest BCUT2D eigenvalue weighted by Gasteiger charge is 2.18. The first-order valence-electron chi connectivity index (χ1n) is 7.39. The first-order valence-corrected chi connectivity index (χ1v) is 8.21. The minimum absolute atomic E-state index is 0.204. The molecule has 114 valence electrons. The summed E-state index contributed by atoms with van der Waals surface area (Å²) in [6.07, 6.45) is 0.204. The molecule has 0 fully saturated rings. The lowest BCUT2D eigenvalue weighted by molar-refractivity contribution is 0.0531. The van der Waals surface area contributed by atoms with Crippen molar-refractivity contribution in [2.45, 2.75) is 13.3 Å². The number of rotatable bonds is 4. The van der Waals surface area contributed by atoms with E-state index in [0.717, 1.165) is 26.8 Å². The number of carbonyl (C=O) groups is 1. The molecule has 0 N–H and O–H groups in total. The highest BCUT2D eigenvalue weighted by molar-refractivity contribution is 7.17. The molecule has 3 aromatic rings. The Balaban J connectivity index is 2.14. The zero-order valence-electron chi connectivity index (χ0n) is 12.7. The van der Waals surface area contributed by atoms with Gasteiger partial charge in [-0.15, -0.1) is 11.3 Å². The summed E-state index contributed by atoms with van der Waals surface area (Å²) in [5.41, 5.74) is 1.81. The number of esters is 1. The quantitative estimate of drug-likeness (QED) is 0.648. The fourth-order valence-electron chi connectivity index (χ4n) is 2.59. The summed E-state index contributed by atoms with van der Waals surface area (Å²) in [6, 6.07) is 18.3. The number of hydrogen-bond donors (Lipinski definition) is 0. The predicted molar refractivity (Wildman–Crippen MR) is 92.5 cm³/mol. The van der Waals surface area contributed by atoms with Gasteiger partial charge in [0, 0.05) is 4.88 Å². The Kier molecular flexibility index (Phi) is 4.40. The molecule has 0 unspecified atom stereocenters. The van der Waals surface area contributed by atoms with Gasteiger partial charge in [0.2, 0.25) is 0 Å². The molecule has 3 nitrogen and oxygen atoms in total. The second-order valence-corrected chi connectivity index (χ2v) is 6.10. The highest BCUT2D eigenvalue weighted by atomic mass is 32.1. The lowest BCUT2D eigenvalue weighted by atomic mass is 10.0. The zero-order chi connectivity index (χ0) is 16.2. The van der Waals surface area contributed by atoms with E-state index in [2.05, 4.69) is 24.3 Å². The molecule has 0 saturated heterocycles. The van der Waals surface area contributed by atoms with Crippen LogP contribution in [0.4, 0.5) is 0 Å². The maximum atomic E-state index is 12.1. The predicted octanol–water partition coefficient (Wildman–Crippen LogP) is 4.81. The Morgan fingerprint density at radius 3 is 2.78 bits per heavy atom. The minimum atomic E-state index is -0.353. The second-order valence-electron chi connectivity index (χ2n) is 5.05. The average molecular weight is 321 g/mol. The Morgan fingerprint density at radius 2 is 2.00 bits per heavy atom. The topological polar surface area (TPSA) is 50.1 Å². The Bertz CT molecular complexity index is 900. The van der Waals surface area contributed by atoms with Crippen LogP contribution in [0.3, 0.4) is 0 Å². The molecule has 0 bridgehead atoms. The molecule has 1 heterocycles. The van der Waals surface area contributed by atoms with Gasteiger partial charge in [-0.05, 0) is 34.9 Å². The van der Waals surface area contributed by atoms with E-state index >= 15 is 0 Å². The standard InChI is InChI=1S/C19H15NO2S/c1-2-22-19(21)18-14(10-11-20)12-17(23-18)16-9-5-7-13-6-3-4-8-15(13)16/h3-9,12H,2,10H2,1H3. The fourth-order valence-corrected chi connectivity index (χ4v) is 3.70. The molecule has 1 aromatic heterocycles. The number of nitrogens with zero attached hydrogens (tertiary/aromatic N) is 1. The maximum Gasteiger partial charge on any atom is 0.348 e. The van der Waals surface area contributed by atoms with Crippen LogP contribution < -0.4 is 0 Å². The molecule has 0 radical (unpaired) electrons. The molecule has 2 aromatic carbocycles. The van der Waals surface area contributed by atoms with Crippen LogP contribution in [0.2, 0.25) is 0 Å². The second kappa shape index (κ2) is 6.64. The number of benzene rings is 2. The molecule has 0 aliphatic carbocycles. The van der Waals surface area contributed by atoms with Crippen LogP contribution >= 0.6 is 11.3 Å². The largest absolute Gasteiger partial charge is 0.462 e. The lowest BCUT2D eigenvalue weighted by Crippen LogP contribution is -2.04. The monoisotopic (exact) mass is 321 g/mol. The van der Waals surface area contributed by atoms with Crippen LogP contribution in [0.5, 0.6) is 0 Å². The van der Waals surface area contributed by atoms with Gasteiger partial charge in [-0.3, -0.25) is 0 Å². The smallest absolute Gasteiger partial charge is 0.348 e. The summed E-state index contributed by atoms with van der Waals surface area (Å²) in [7, 11) is 0. The molecule has 0 amide bonds. The van der Waals surface area contributed by atoms with Gasteiger partial charge in [0.15, 0.2) is 0 Å². The number of hydrogen-bond acceptors (Lipinski definition) is 4. The lowest BCUT2D eigenvalue weighted by Gasteiger charge is -2.04. The van der Waals surface area contributed by atoms with Crippen LogP contribution in [0.1, 0.15) is 22.2 Å². The summed E-state index contributed by atoms with van der Waals surface area (Å²) < 4.78 is 5.11. The molecule has 23 heavy (non-hydrogen) atoms. The molecular formula is C19H15NO2S. The summed E-state index contributed by atoms with van der Waals surface area (Å²) in [6.45, 7) is 2.10. The number of nitriles is 1. The van der Waals surface area contributed by atoms with Crippen molar-refractivity contribution < 1.29 is 9.53 Å². The van der Waals surface area contributed by atoms with Crippen LogP contribution in [0.15, 0.2) is 48.5 Å². The van der Waals surface area contributed by atoms with Crippen molar-refractivity contribution in [2.75, 3.05) is 6.61 Å². The molecule has 4 heteroatoms. The number of fused-ring (bicyclic) bond motifs is 1. The van der Waals surface area contributed by atoms with E-state index in [0.29, 0.717) is 11.5 Å². The highest BCUT2D eigenvalue weighted by Crippen LogP contribution is 2.36. The van der Waals surface area contributed by atoms with E-state index in [4.69, 9.17) is 10.00 Å². The molecule has 0 aliphatic heterocycles. The van der Waals surface area contributed by atoms with Crippen molar-refractivity contribution in [1.82, 2.24) is 0 Å². The molecule has 0 aliphatic rings. The van der Waals surface area contributed by atoms with E-state index in [1.54, 1.807) is 6.92 Å². The fraction of sp³-hybridized carbons (Fsp3) is 0.158. The third-order valence-electron chi connectivity index (χ3n) is 3.59. The molecule has 0 saturated carbocycles. The van der Waals surface area contributed by atoms with Gasteiger partial charge in [-0.2, -0.15) is 5.26 Å². The van der Waals surface area contributed by atoms with Gasteiger partial charge < -0.3 is 4.74 Å². The van der Waals surface area contributed by atoms with E-state index < -0.39 is 0 Å². The molecular weight excluding hydrogens is 306 g/mol. The Hall–Kier alpha value is -2.64. The first kappa shape index (κ1) is 15.3. The van der Waals surface area contributed by atoms with Gasteiger partial charge in [-0.25, -0.2) is 4.79 Å². The molecule has 0 atom stereocenters. The van der Waals surface area contributed by atoms with Crippen LogP contribution in [-0.4, -0.2) is 12.6 Å². The van der Waals surface area contributed by atoms with Crippen molar-refractivity contribution in [3.05, 3.63) is 59.0 Å². The van der Waals surface area contributed by atoms with Crippen LogP contribution in [-0.2, 0) is 11.2 Å². The van der Waals surface area contributed by atoms with Crippen molar-refractivity contribution in [1.29, 1.82) is 5.26 Å². The minimum Gasteiger partial charge on any atom is -0.462 e. The van der Waals surface area contributed by atoms with E-state index in [1.807, 2.05) is 30.3 Å².